The van der Waals surface area contributed by atoms with E-state index in [0.29, 0.717) is 31.6 Å². The summed E-state index contributed by atoms with van der Waals surface area (Å²) in [5, 5.41) is 0. The van der Waals surface area contributed by atoms with Gasteiger partial charge < -0.3 is 9.64 Å². The summed E-state index contributed by atoms with van der Waals surface area (Å²) in [4.78, 5) is 26.6. The van der Waals surface area contributed by atoms with Crippen molar-refractivity contribution in [1.29, 1.82) is 0 Å². The Morgan fingerprint density at radius 3 is 2.29 bits per heavy atom. The van der Waals surface area contributed by atoms with Gasteiger partial charge >= 0.3 is 5.97 Å². The third-order valence-corrected chi connectivity index (χ3v) is 7.39. The molecule has 0 spiro atoms. The van der Waals surface area contributed by atoms with Gasteiger partial charge in [-0.1, -0.05) is 35.9 Å². The monoisotopic (exact) mass is 444 g/mol. The number of rotatable bonds is 6. The van der Waals surface area contributed by atoms with Crippen molar-refractivity contribution in [3.05, 3.63) is 59.7 Å². The fraction of sp³-hybridized carbons (Fsp3) is 0.391. The van der Waals surface area contributed by atoms with Gasteiger partial charge in [0.2, 0.25) is 5.91 Å². The highest BCUT2D eigenvalue weighted by Crippen LogP contribution is 2.28. The summed E-state index contributed by atoms with van der Waals surface area (Å²) in [6.07, 6.45) is 1.01. The van der Waals surface area contributed by atoms with Crippen molar-refractivity contribution < 1.29 is 22.7 Å². The van der Waals surface area contributed by atoms with Gasteiger partial charge in [-0.05, 0) is 50.5 Å². The first-order valence-corrected chi connectivity index (χ1v) is 11.7. The van der Waals surface area contributed by atoms with Gasteiger partial charge in [-0.2, -0.15) is 0 Å². The van der Waals surface area contributed by atoms with Crippen LogP contribution >= 0.6 is 0 Å². The molecule has 2 aromatic carbocycles. The van der Waals surface area contributed by atoms with Crippen LogP contribution in [0.25, 0.3) is 0 Å². The summed E-state index contributed by atoms with van der Waals surface area (Å²) >= 11 is 0. The maximum atomic E-state index is 13.5. The van der Waals surface area contributed by atoms with E-state index in [1.165, 1.54) is 23.5 Å². The molecule has 166 valence electrons. The lowest BCUT2D eigenvalue weighted by molar-refractivity contribution is -0.148. The molecule has 0 atom stereocenters. The number of hydrogen-bond acceptors (Lipinski definition) is 5. The number of benzene rings is 2. The minimum absolute atomic E-state index is 0.132. The van der Waals surface area contributed by atoms with Crippen LogP contribution in [0.15, 0.2) is 53.4 Å². The number of carbonyl (C=O) groups excluding carboxylic acids is 2. The Morgan fingerprint density at radius 2 is 1.71 bits per heavy atom. The first-order chi connectivity index (χ1) is 14.7. The summed E-state index contributed by atoms with van der Waals surface area (Å²) in [6.45, 7) is 4.25. The average Bonchev–Trinajstić information content (AvgIpc) is 2.78. The molecule has 8 heteroatoms. The van der Waals surface area contributed by atoms with Crippen LogP contribution in [-0.4, -0.2) is 51.9 Å². The SMILES string of the molecule is COC(=O)C1CCN(C(=O)CN(c2ccc(C)cc2C)S(=O)(=O)c2ccccc2)CC1. The van der Waals surface area contributed by atoms with E-state index in [1.807, 2.05) is 26.0 Å². The van der Waals surface area contributed by atoms with Crippen molar-refractivity contribution in [3.8, 4) is 0 Å². The Morgan fingerprint density at radius 1 is 1.06 bits per heavy atom. The fourth-order valence-corrected chi connectivity index (χ4v) is 5.36. The first kappa shape index (κ1) is 22.8. The molecule has 0 N–H and O–H groups in total. The summed E-state index contributed by atoms with van der Waals surface area (Å²) in [6, 6.07) is 13.6. The van der Waals surface area contributed by atoms with Crippen LogP contribution in [0, 0.1) is 19.8 Å². The van der Waals surface area contributed by atoms with Gasteiger partial charge in [0.15, 0.2) is 0 Å². The van der Waals surface area contributed by atoms with Crippen molar-refractivity contribution >= 4 is 27.6 Å². The molecular weight excluding hydrogens is 416 g/mol. The maximum Gasteiger partial charge on any atom is 0.308 e. The van der Waals surface area contributed by atoms with Gasteiger partial charge in [-0.3, -0.25) is 13.9 Å². The number of sulfonamides is 1. The van der Waals surface area contributed by atoms with E-state index in [9.17, 15) is 18.0 Å². The molecule has 0 aliphatic carbocycles. The average molecular weight is 445 g/mol. The van der Waals surface area contributed by atoms with Crippen LogP contribution in [0.4, 0.5) is 5.69 Å². The molecule has 31 heavy (non-hydrogen) atoms. The van der Waals surface area contributed by atoms with Gasteiger partial charge in [0.1, 0.15) is 6.54 Å². The molecule has 1 saturated heterocycles. The number of hydrogen-bond donors (Lipinski definition) is 0. The Labute approximate surface area is 183 Å². The number of ether oxygens (including phenoxy) is 1. The molecule has 0 bridgehead atoms. The van der Waals surface area contributed by atoms with Crippen molar-refractivity contribution in [2.75, 3.05) is 31.0 Å². The number of aryl methyl sites for hydroxylation is 2. The zero-order valence-electron chi connectivity index (χ0n) is 18.1. The van der Waals surface area contributed by atoms with Gasteiger partial charge in [0.25, 0.3) is 10.0 Å². The Hall–Kier alpha value is -2.87. The normalized spacial score (nSPS) is 14.9. The Bertz CT molecular complexity index is 1040. The smallest absolute Gasteiger partial charge is 0.308 e. The molecular formula is C23H28N2O5S. The van der Waals surface area contributed by atoms with E-state index in [0.717, 1.165) is 11.1 Å². The lowest BCUT2D eigenvalue weighted by Gasteiger charge is -2.33. The zero-order valence-corrected chi connectivity index (χ0v) is 18.9. The van der Waals surface area contributed by atoms with Crippen LogP contribution < -0.4 is 4.31 Å². The van der Waals surface area contributed by atoms with Crippen molar-refractivity contribution in [2.24, 2.45) is 5.92 Å². The molecule has 2 aromatic rings. The third kappa shape index (κ3) is 5.07. The van der Waals surface area contributed by atoms with Gasteiger partial charge in [-0.25, -0.2) is 8.42 Å². The zero-order chi connectivity index (χ0) is 22.6. The summed E-state index contributed by atoms with van der Waals surface area (Å²) in [5.74, 6) is -0.781. The van der Waals surface area contributed by atoms with Crippen LogP contribution in [0.1, 0.15) is 24.0 Å². The summed E-state index contributed by atoms with van der Waals surface area (Å²) in [7, 11) is -2.58. The molecule has 1 heterocycles. The molecule has 0 unspecified atom stereocenters. The van der Waals surface area contributed by atoms with E-state index >= 15 is 0 Å². The van der Waals surface area contributed by atoms with Crippen LogP contribution in [0.3, 0.4) is 0 Å². The van der Waals surface area contributed by atoms with E-state index in [4.69, 9.17) is 4.74 Å². The summed E-state index contributed by atoms with van der Waals surface area (Å²) in [5.41, 5.74) is 2.26. The number of anilines is 1. The number of amides is 1. The molecule has 3 rings (SSSR count). The molecule has 0 radical (unpaired) electrons. The van der Waals surface area contributed by atoms with Gasteiger partial charge in [-0.15, -0.1) is 0 Å². The van der Waals surface area contributed by atoms with Crippen molar-refractivity contribution in [2.45, 2.75) is 31.6 Å². The number of piperidine rings is 1. The minimum atomic E-state index is -3.94. The quantitative estimate of drug-likeness (QED) is 0.640. The second-order valence-electron chi connectivity index (χ2n) is 7.79. The topological polar surface area (TPSA) is 84.0 Å². The minimum Gasteiger partial charge on any atom is -0.469 e. The van der Waals surface area contributed by atoms with E-state index in [2.05, 4.69) is 0 Å². The maximum absolute atomic E-state index is 13.5. The molecule has 1 aliphatic rings. The molecule has 1 aliphatic heterocycles. The van der Waals surface area contributed by atoms with Crippen LogP contribution in [-0.2, 0) is 24.3 Å². The standard InChI is InChI=1S/C23H28N2O5S/c1-17-9-10-21(18(2)15-17)25(31(28,29)20-7-5-4-6-8-20)16-22(26)24-13-11-19(12-14-24)23(27)30-3/h4-10,15,19H,11-14,16H2,1-3H3. The van der Waals surface area contributed by atoms with E-state index in [1.54, 1.807) is 29.2 Å². The van der Waals surface area contributed by atoms with Gasteiger partial charge in [0.05, 0.1) is 23.6 Å². The lowest BCUT2D eigenvalue weighted by Crippen LogP contribution is -2.46. The van der Waals surface area contributed by atoms with Gasteiger partial charge in [0, 0.05) is 13.1 Å². The van der Waals surface area contributed by atoms with E-state index in [-0.39, 0.29) is 29.2 Å². The molecule has 1 amide bonds. The van der Waals surface area contributed by atoms with Crippen molar-refractivity contribution in [3.63, 3.8) is 0 Å². The molecule has 7 nitrogen and oxygen atoms in total. The number of carbonyl (C=O) groups is 2. The third-order valence-electron chi connectivity index (χ3n) is 5.61. The second-order valence-corrected chi connectivity index (χ2v) is 9.66. The highest BCUT2D eigenvalue weighted by molar-refractivity contribution is 7.92. The predicted octanol–water partition coefficient (Wildman–Crippen LogP) is 2.91. The Kier molecular flexibility index (Phi) is 7.00. The lowest BCUT2D eigenvalue weighted by atomic mass is 9.97. The number of esters is 1. The van der Waals surface area contributed by atoms with Crippen molar-refractivity contribution in [1.82, 2.24) is 4.90 Å². The molecule has 1 fully saturated rings. The van der Waals surface area contributed by atoms with Crippen LogP contribution in [0.2, 0.25) is 0 Å². The summed E-state index contributed by atoms with van der Waals surface area (Å²) < 4.78 is 32.9. The predicted molar refractivity (Wildman–Crippen MR) is 118 cm³/mol. The second kappa shape index (κ2) is 9.51. The number of methoxy groups -OCH3 is 1. The highest BCUT2D eigenvalue weighted by Gasteiger charge is 2.32. The molecule has 0 saturated carbocycles. The van der Waals surface area contributed by atoms with Crippen LogP contribution in [0.5, 0.6) is 0 Å². The Balaban J connectivity index is 1.87. The van der Waals surface area contributed by atoms with E-state index < -0.39 is 10.0 Å². The number of nitrogens with zero attached hydrogens (tertiary/aromatic N) is 2. The first-order valence-electron chi connectivity index (χ1n) is 10.2. The highest BCUT2D eigenvalue weighted by atomic mass is 32.2. The largest absolute Gasteiger partial charge is 0.469 e. The molecule has 0 aromatic heterocycles. The fourth-order valence-electron chi connectivity index (χ4n) is 3.86. The number of likely N-dealkylation sites (tertiary alicyclic amines) is 1.